The summed E-state index contributed by atoms with van der Waals surface area (Å²) in [6.45, 7) is 0. The molecule has 0 saturated heterocycles. The van der Waals surface area contributed by atoms with Crippen molar-refractivity contribution in [2.24, 2.45) is 0 Å². The maximum absolute atomic E-state index is 11.5. The van der Waals surface area contributed by atoms with Crippen molar-refractivity contribution < 1.29 is 4.79 Å². The van der Waals surface area contributed by atoms with Gasteiger partial charge in [0.15, 0.2) is 0 Å². The first-order chi connectivity index (χ1) is 7.74. The molecule has 2 rings (SSSR count). The minimum absolute atomic E-state index is 0.154. The number of nitrogens with zero attached hydrogens (tertiary/aromatic N) is 2. The first kappa shape index (κ1) is 10.6. The highest BCUT2D eigenvalue weighted by Crippen LogP contribution is 2.10. The Morgan fingerprint density at radius 3 is 2.75 bits per heavy atom. The topological polar surface area (TPSA) is 70.7 Å². The Kier molecular flexibility index (Phi) is 3.16. The van der Waals surface area contributed by atoms with Crippen molar-refractivity contribution in [2.45, 2.75) is 6.42 Å². The second-order valence-corrected chi connectivity index (χ2v) is 3.62. The standard InChI is InChI=1S/C10H9ClN4O/c11-8-3-1-7(2-4-8)5-9(16)14-10-12-6-13-15-10/h1-4,6H,5H2,(H2,12,13,14,15,16). The minimum atomic E-state index is -0.154. The summed E-state index contributed by atoms with van der Waals surface area (Å²) >= 11 is 5.74. The van der Waals surface area contributed by atoms with Crippen LogP contribution in [0, 0.1) is 0 Å². The Balaban J connectivity index is 1.95. The molecule has 0 spiro atoms. The van der Waals surface area contributed by atoms with Crippen LogP contribution in [0.1, 0.15) is 5.56 Å². The summed E-state index contributed by atoms with van der Waals surface area (Å²) < 4.78 is 0. The fourth-order valence-corrected chi connectivity index (χ4v) is 1.36. The van der Waals surface area contributed by atoms with Crippen LogP contribution in [0.2, 0.25) is 5.02 Å². The van der Waals surface area contributed by atoms with Gasteiger partial charge >= 0.3 is 0 Å². The lowest BCUT2D eigenvalue weighted by Crippen LogP contribution is -2.15. The van der Waals surface area contributed by atoms with Gasteiger partial charge in [-0.15, -0.1) is 0 Å². The number of H-pyrrole nitrogens is 1. The monoisotopic (exact) mass is 236 g/mol. The third-order valence-corrected chi connectivity index (χ3v) is 2.20. The van der Waals surface area contributed by atoms with Gasteiger partial charge in [-0.05, 0) is 17.7 Å². The Hall–Kier alpha value is -1.88. The van der Waals surface area contributed by atoms with Crippen molar-refractivity contribution in [3.63, 3.8) is 0 Å². The molecule has 1 aromatic carbocycles. The molecular weight excluding hydrogens is 228 g/mol. The molecule has 2 aromatic rings. The Morgan fingerprint density at radius 2 is 2.12 bits per heavy atom. The lowest BCUT2D eigenvalue weighted by atomic mass is 10.1. The van der Waals surface area contributed by atoms with E-state index in [1.807, 2.05) is 12.1 Å². The molecule has 0 aliphatic rings. The van der Waals surface area contributed by atoms with Crippen molar-refractivity contribution in [2.75, 3.05) is 5.32 Å². The molecule has 2 N–H and O–H groups in total. The van der Waals surface area contributed by atoms with Crippen LogP contribution in [0.4, 0.5) is 5.95 Å². The van der Waals surface area contributed by atoms with E-state index in [0.29, 0.717) is 11.0 Å². The van der Waals surface area contributed by atoms with Crippen molar-refractivity contribution >= 4 is 23.5 Å². The van der Waals surface area contributed by atoms with Gasteiger partial charge < -0.3 is 0 Å². The van der Waals surface area contributed by atoms with Crippen molar-refractivity contribution in [3.8, 4) is 0 Å². The quantitative estimate of drug-likeness (QED) is 0.851. The highest BCUT2D eigenvalue weighted by Gasteiger charge is 2.05. The summed E-state index contributed by atoms with van der Waals surface area (Å²) in [6.07, 6.45) is 1.61. The van der Waals surface area contributed by atoms with E-state index in [1.165, 1.54) is 6.33 Å². The first-order valence-electron chi connectivity index (χ1n) is 4.64. The summed E-state index contributed by atoms with van der Waals surface area (Å²) in [5, 5.41) is 9.41. The van der Waals surface area contributed by atoms with Gasteiger partial charge in [0.2, 0.25) is 11.9 Å². The van der Waals surface area contributed by atoms with E-state index >= 15 is 0 Å². The molecule has 1 heterocycles. The minimum Gasteiger partial charge on any atom is -0.295 e. The Morgan fingerprint density at radius 1 is 1.38 bits per heavy atom. The average Bonchev–Trinajstić information content (AvgIpc) is 2.74. The summed E-state index contributed by atoms with van der Waals surface area (Å²) in [7, 11) is 0. The maximum Gasteiger partial charge on any atom is 0.231 e. The number of aromatic nitrogens is 3. The average molecular weight is 237 g/mol. The number of hydrogen-bond acceptors (Lipinski definition) is 3. The van der Waals surface area contributed by atoms with E-state index in [1.54, 1.807) is 12.1 Å². The van der Waals surface area contributed by atoms with Crippen LogP contribution >= 0.6 is 11.6 Å². The van der Waals surface area contributed by atoms with Gasteiger partial charge in [0.25, 0.3) is 0 Å². The smallest absolute Gasteiger partial charge is 0.231 e. The Bertz CT molecular complexity index is 466. The number of halogens is 1. The molecule has 0 saturated carbocycles. The van der Waals surface area contributed by atoms with Crippen LogP contribution < -0.4 is 5.32 Å². The molecule has 0 aliphatic heterocycles. The predicted octanol–water partition coefficient (Wildman–Crippen LogP) is 1.64. The summed E-state index contributed by atoms with van der Waals surface area (Å²) in [5.74, 6) is 0.193. The summed E-state index contributed by atoms with van der Waals surface area (Å²) in [5.41, 5.74) is 0.890. The fourth-order valence-electron chi connectivity index (χ4n) is 1.23. The van der Waals surface area contributed by atoms with Crippen LogP contribution in [0.25, 0.3) is 0 Å². The van der Waals surface area contributed by atoms with E-state index in [2.05, 4.69) is 20.5 Å². The summed E-state index contributed by atoms with van der Waals surface area (Å²) in [6, 6.07) is 7.11. The molecule has 0 atom stereocenters. The van der Waals surface area contributed by atoms with Gasteiger partial charge in [-0.3, -0.25) is 10.1 Å². The van der Waals surface area contributed by atoms with E-state index in [0.717, 1.165) is 5.56 Å². The molecule has 82 valence electrons. The van der Waals surface area contributed by atoms with Crippen molar-refractivity contribution in [1.82, 2.24) is 15.2 Å². The Labute approximate surface area is 96.8 Å². The van der Waals surface area contributed by atoms with Gasteiger partial charge in [-0.1, -0.05) is 23.7 Å². The molecule has 6 heteroatoms. The third-order valence-electron chi connectivity index (χ3n) is 1.95. The first-order valence-corrected chi connectivity index (χ1v) is 5.01. The van der Waals surface area contributed by atoms with Crippen LogP contribution in [-0.4, -0.2) is 21.1 Å². The second kappa shape index (κ2) is 4.76. The number of aromatic amines is 1. The number of nitrogens with one attached hydrogen (secondary N) is 2. The molecule has 0 aliphatic carbocycles. The zero-order chi connectivity index (χ0) is 11.4. The largest absolute Gasteiger partial charge is 0.295 e. The molecule has 16 heavy (non-hydrogen) atoms. The zero-order valence-corrected chi connectivity index (χ0v) is 9.03. The number of amides is 1. The van der Waals surface area contributed by atoms with Gasteiger partial charge in [0.05, 0.1) is 6.42 Å². The number of benzene rings is 1. The van der Waals surface area contributed by atoms with E-state index in [9.17, 15) is 4.79 Å². The lowest BCUT2D eigenvalue weighted by Gasteiger charge is -2.01. The van der Waals surface area contributed by atoms with Crippen molar-refractivity contribution in [1.29, 1.82) is 0 Å². The lowest BCUT2D eigenvalue weighted by molar-refractivity contribution is -0.115. The van der Waals surface area contributed by atoms with Crippen LogP contribution in [0.3, 0.4) is 0 Å². The van der Waals surface area contributed by atoms with Gasteiger partial charge in [0, 0.05) is 5.02 Å². The van der Waals surface area contributed by atoms with Gasteiger partial charge in [0.1, 0.15) is 6.33 Å². The number of carbonyl (C=O) groups is 1. The van der Waals surface area contributed by atoms with E-state index in [-0.39, 0.29) is 12.3 Å². The number of anilines is 1. The molecule has 1 aromatic heterocycles. The number of hydrogen-bond donors (Lipinski definition) is 2. The van der Waals surface area contributed by atoms with Crippen LogP contribution in [0.5, 0.6) is 0 Å². The predicted molar refractivity (Wildman–Crippen MR) is 60.2 cm³/mol. The van der Waals surface area contributed by atoms with Gasteiger partial charge in [-0.2, -0.15) is 10.1 Å². The summed E-state index contributed by atoms with van der Waals surface area (Å²) in [4.78, 5) is 15.3. The molecular formula is C10H9ClN4O. The highest BCUT2D eigenvalue weighted by atomic mass is 35.5. The maximum atomic E-state index is 11.5. The van der Waals surface area contributed by atoms with Gasteiger partial charge in [-0.25, -0.2) is 5.10 Å². The fraction of sp³-hybridized carbons (Fsp3) is 0.100. The molecule has 0 unspecified atom stereocenters. The number of rotatable bonds is 3. The van der Waals surface area contributed by atoms with Crippen LogP contribution in [-0.2, 0) is 11.2 Å². The SMILES string of the molecule is O=C(Cc1ccc(Cl)cc1)Nc1ncn[nH]1. The molecule has 5 nitrogen and oxygen atoms in total. The molecule has 0 bridgehead atoms. The third kappa shape index (κ3) is 2.80. The number of carbonyl (C=O) groups excluding carboxylic acids is 1. The van der Waals surface area contributed by atoms with E-state index in [4.69, 9.17) is 11.6 Å². The molecule has 0 radical (unpaired) electrons. The zero-order valence-electron chi connectivity index (χ0n) is 8.27. The second-order valence-electron chi connectivity index (χ2n) is 3.19. The molecule has 0 fully saturated rings. The van der Waals surface area contributed by atoms with Crippen molar-refractivity contribution in [3.05, 3.63) is 41.2 Å². The molecule has 1 amide bonds. The normalized spacial score (nSPS) is 10.1. The highest BCUT2D eigenvalue weighted by molar-refractivity contribution is 6.30. The van der Waals surface area contributed by atoms with Crippen LogP contribution in [0.15, 0.2) is 30.6 Å². The van der Waals surface area contributed by atoms with E-state index < -0.39 is 0 Å².